The Morgan fingerprint density at radius 2 is 1.84 bits per heavy atom. The van der Waals surface area contributed by atoms with Gasteiger partial charge in [0.05, 0.1) is 0 Å². The van der Waals surface area contributed by atoms with E-state index in [4.69, 9.17) is 10.5 Å². The summed E-state index contributed by atoms with van der Waals surface area (Å²) in [6.45, 7) is 4.42. The Morgan fingerprint density at radius 3 is 2.63 bits per heavy atom. The smallest absolute Gasteiger partial charge is 0.250 e. The number of nitrogens with two attached hydrogens (primary N) is 1. The number of unbranched alkanes of at least 4 members (excludes halogenated alkanes) is 4. The molecule has 4 heteroatoms. The van der Waals surface area contributed by atoms with Gasteiger partial charge in [-0.05, 0) is 18.9 Å². The van der Waals surface area contributed by atoms with Crippen molar-refractivity contribution in [1.29, 1.82) is 0 Å². The van der Waals surface area contributed by atoms with E-state index < -0.39 is 0 Å². The molecule has 19 heavy (non-hydrogen) atoms. The molecule has 0 radical (unpaired) electrons. The van der Waals surface area contributed by atoms with Crippen LogP contribution in [0.1, 0.15) is 45.4 Å². The SMILES string of the molecule is CCCCCCCOCCCn1cc(N)ccc1=O. The van der Waals surface area contributed by atoms with Gasteiger partial charge in [-0.25, -0.2) is 0 Å². The second-order valence-electron chi connectivity index (χ2n) is 4.87. The van der Waals surface area contributed by atoms with Crippen LogP contribution in [0.5, 0.6) is 0 Å². The van der Waals surface area contributed by atoms with Crippen LogP contribution in [-0.2, 0) is 11.3 Å². The number of nitrogens with zero attached hydrogens (tertiary/aromatic N) is 1. The average Bonchev–Trinajstić information content (AvgIpc) is 2.40. The molecule has 0 amide bonds. The van der Waals surface area contributed by atoms with E-state index in [0.717, 1.165) is 19.4 Å². The molecule has 0 aromatic carbocycles. The van der Waals surface area contributed by atoms with Gasteiger partial charge >= 0.3 is 0 Å². The summed E-state index contributed by atoms with van der Waals surface area (Å²) in [5, 5.41) is 0. The molecule has 0 spiro atoms. The highest BCUT2D eigenvalue weighted by Crippen LogP contribution is 2.02. The molecule has 1 aromatic rings. The van der Waals surface area contributed by atoms with Crippen LogP contribution in [0.25, 0.3) is 0 Å². The molecule has 0 aliphatic rings. The Kier molecular flexibility index (Phi) is 7.98. The Hall–Kier alpha value is -1.29. The first-order valence-corrected chi connectivity index (χ1v) is 7.27. The largest absolute Gasteiger partial charge is 0.398 e. The predicted octanol–water partition coefficient (Wildman–Crippen LogP) is 2.81. The minimum atomic E-state index is -0.00577. The normalized spacial score (nSPS) is 10.8. The standard InChI is InChI=1S/C15H26N2O2/c1-2-3-4-5-6-11-19-12-7-10-17-13-14(16)8-9-15(17)18/h8-9,13H,2-7,10-12,16H2,1H3. The molecule has 108 valence electrons. The third-order valence-electron chi connectivity index (χ3n) is 3.09. The van der Waals surface area contributed by atoms with Crippen molar-refractivity contribution >= 4 is 5.69 Å². The van der Waals surface area contributed by atoms with Gasteiger partial charge in [0.15, 0.2) is 0 Å². The monoisotopic (exact) mass is 266 g/mol. The third kappa shape index (κ3) is 7.01. The van der Waals surface area contributed by atoms with Crippen molar-refractivity contribution in [3.63, 3.8) is 0 Å². The molecule has 2 N–H and O–H groups in total. The lowest BCUT2D eigenvalue weighted by Crippen LogP contribution is -2.19. The Balaban J connectivity index is 2.04. The summed E-state index contributed by atoms with van der Waals surface area (Å²) in [6, 6.07) is 3.13. The maximum atomic E-state index is 11.5. The number of hydrogen-bond donors (Lipinski definition) is 1. The number of aryl methyl sites for hydroxylation is 1. The summed E-state index contributed by atoms with van der Waals surface area (Å²) >= 11 is 0. The average molecular weight is 266 g/mol. The van der Waals surface area contributed by atoms with E-state index in [-0.39, 0.29) is 5.56 Å². The Morgan fingerprint density at radius 1 is 1.11 bits per heavy atom. The van der Waals surface area contributed by atoms with Crippen LogP contribution in [0.15, 0.2) is 23.1 Å². The fraction of sp³-hybridized carbons (Fsp3) is 0.667. The molecule has 0 aliphatic carbocycles. The minimum Gasteiger partial charge on any atom is -0.398 e. The number of pyridine rings is 1. The molecule has 0 aliphatic heterocycles. The van der Waals surface area contributed by atoms with Gasteiger partial charge in [0, 0.05) is 37.7 Å². The van der Waals surface area contributed by atoms with Gasteiger partial charge in [-0.3, -0.25) is 4.79 Å². The summed E-state index contributed by atoms with van der Waals surface area (Å²) in [6.07, 6.45) is 8.82. The number of anilines is 1. The van der Waals surface area contributed by atoms with Crippen LogP contribution in [-0.4, -0.2) is 17.8 Å². The van der Waals surface area contributed by atoms with Crippen molar-refractivity contribution < 1.29 is 4.74 Å². The highest BCUT2D eigenvalue weighted by Gasteiger charge is 1.97. The van der Waals surface area contributed by atoms with E-state index in [1.807, 2.05) is 0 Å². The quantitative estimate of drug-likeness (QED) is 0.662. The van der Waals surface area contributed by atoms with Crippen molar-refractivity contribution in [3.8, 4) is 0 Å². The van der Waals surface area contributed by atoms with Crippen molar-refractivity contribution in [2.45, 2.75) is 52.0 Å². The second-order valence-corrected chi connectivity index (χ2v) is 4.87. The molecule has 0 fully saturated rings. The van der Waals surface area contributed by atoms with Crippen LogP contribution >= 0.6 is 0 Å². The maximum absolute atomic E-state index is 11.5. The fourth-order valence-electron chi connectivity index (χ4n) is 1.97. The van der Waals surface area contributed by atoms with E-state index in [2.05, 4.69) is 6.92 Å². The molecule has 4 nitrogen and oxygen atoms in total. The summed E-state index contributed by atoms with van der Waals surface area (Å²) in [5.74, 6) is 0. The highest BCUT2D eigenvalue weighted by molar-refractivity contribution is 5.33. The molecule has 0 saturated carbocycles. The van der Waals surface area contributed by atoms with Gasteiger partial charge in [0.25, 0.3) is 5.56 Å². The van der Waals surface area contributed by atoms with Gasteiger partial charge in [0.2, 0.25) is 0 Å². The zero-order valence-electron chi connectivity index (χ0n) is 11.9. The number of aromatic nitrogens is 1. The molecule has 0 unspecified atom stereocenters. The Bertz CT molecular complexity index is 401. The lowest BCUT2D eigenvalue weighted by Gasteiger charge is -2.07. The molecule has 0 bridgehead atoms. The van der Waals surface area contributed by atoms with E-state index in [9.17, 15) is 4.79 Å². The summed E-state index contributed by atoms with van der Waals surface area (Å²) in [4.78, 5) is 11.5. The zero-order valence-corrected chi connectivity index (χ0v) is 11.9. The minimum absolute atomic E-state index is 0.00577. The summed E-state index contributed by atoms with van der Waals surface area (Å²) in [5.41, 5.74) is 6.26. The van der Waals surface area contributed by atoms with E-state index in [0.29, 0.717) is 18.8 Å². The van der Waals surface area contributed by atoms with Crippen molar-refractivity contribution in [3.05, 3.63) is 28.7 Å². The first kappa shape index (κ1) is 15.8. The van der Waals surface area contributed by atoms with Crippen molar-refractivity contribution in [1.82, 2.24) is 4.57 Å². The van der Waals surface area contributed by atoms with E-state index in [1.165, 1.54) is 31.7 Å². The van der Waals surface area contributed by atoms with Crippen LogP contribution in [0.2, 0.25) is 0 Å². The van der Waals surface area contributed by atoms with Crippen LogP contribution in [0, 0.1) is 0 Å². The number of nitrogen functional groups attached to an aromatic ring is 1. The molecule has 1 aromatic heterocycles. The first-order valence-electron chi connectivity index (χ1n) is 7.27. The molecular formula is C15H26N2O2. The van der Waals surface area contributed by atoms with Crippen molar-refractivity contribution in [2.75, 3.05) is 18.9 Å². The highest BCUT2D eigenvalue weighted by atomic mass is 16.5. The molecular weight excluding hydrogens is 240 g/mol. The van der Waals surface area contributed by atoms with Crippen LogP contribution in [0.3, 0.4) is 0 Å². The maximum Gasteiger partial charge on any atom is 0.250 e. The third-order valence-corrected chi connectivity index (χ3v) is 3.09. The van der Waals surface area contributed by atoms with Gasteiger partial charge in [-0.2, -0.15) is 0 Å². The molecule has 1 heterocycles. The Labute approximate surface area is 115 Å². The second kappa shape index (κ2) is 9.62. The molecule has 1 rings (SSSR count). The lowest BCUT2D eigenvalue weighted by atomic mass is 10.2. The van der Waals surface area contributed by atoms with Crippen LogP contribution in [0.4, 0.5) is 5.69 Å². The number of rotatable bonds is 10. The zero-order chi connectivity index (χ0) is 13.9. The lowest BCUT2D eigenvalue weighted by molar-refractivity contribution is 0.124. The molecule has 0 saturated heterocycles. The van der Waals surface area contributed by atoms with Gasteiger partial charge in [0.1, 0.15) is 0 Å². The molecule has 0 atom stereocenters. The number of ether oxygens (including phenoxy) is 1. The van der Waals surface area contributed by atoms with Crippen molar-refractivity contribution in [2.24, 2.45) is 0 Å². The van der Waals surface area contributed by atoms with Crippen LogP contribution < -0.4 is 11.3 Å². The number of hydrogen-bond acceptors (Lipinski definition) is 3. The first-order chi connectivity index (χ1) is 9.24. The fourth-order valence-corrected chi connectivity index (χ4v) is 1.97. The topological polar surface area (TPSA) is 57.2 Å². The summed E-state index contributed by atoms with van der Waals surface area (Å²) < 4.78 is 7.20. The van der Waals surface area contributed by atoms with E-state index in [1.54, 1.807) is 16.8 Å². The van der Waals surface area contributed by atoms with E-state index >= 15 is 0 Å². The van der Waals surface area contributed by atoms with Gasteiger partial charge in [-0.1, -0.05) is 32.6 Å². The van der Waals surface area contributed by atoms with Gasteiger partial charge < -0.3 is 15.0 Å². The predicted molar refractivity (Wildman–Crippen MR) is 79.3 cm³/mol. The van der Waals surface area contributed by atoms with Gasteiger partial charge in [-0.15, -0.1) is 0 Å². The summed E-state index contributed by atoms with van der Waals surface area (Å²) in [7, 11) is 0.